The van der Waals surface area contributed by atoms with Crippen LogP contribution in [0.3, 0.4) is 0 Å². The van der Waals surface area contributed by atoms with E-state index in [1.165, 1.54) is 38.5 Å². The van der Waals surface area contributed by atoms with Gasteiger partial charge in [0.15, 0.2) is 0 Å². The summed E-state index contributed by atoms with van der Waals surface area (Å²) in [4.78, 5) is 0. The molecule has 0 fully saturated rings. The Morgan fingerprint density at radius 3 is 1.38 bits per heavy atom. The first-order valence-electron chi connectivity index (χ1n) is 15.4. The first-order valence-corrected chi connectivity index (χ1v) is 15.4. The normalized spacial score (nSPS) is 13.0. The molecule has 0 N–H and O–H groups in total. The summed E-state index contributed by atoms with van der Waals surface area (Å²) < 4.78 is 13.4. The van der Waals surface area contributed by atoms with Gasteiger partial charge in [0.2, 0.25) is 0 Å². The van der Waals surface area contributed by atoms with Crippen molar-refractivity contribution in [3.63, 3.8) is 0 Å². The fraction of sp³-hybridized carbons (Fsp3) is 0.444. The molecule has 4 heteroatoms. The van der Waals surface area contributed by atoms with Crippen LogP contribution < -0.4 is 20.4 Å². The second-order valence-electron chi connectivity index (χ2n) is 11.3. The van der Waals surface area contributed by atoms with Gasteiger partial charge in [-0.15, -0.1) is 0 Å². The van der Waals surface area contributed by atoms with Crippen LogP contribution in [0.25, 0.3) is 32.7 Å². The van der Waals surface area contributed by atoms with Gasteiger partial charge in [0.05, 0.1) is 13.2 Å². The van der Waals surface area contributed by atoms with Crippen molar-refractivity contribution in [3.05, 3.63) is 60.7 Å². The van der Waals surface area contributed by atoms with E-state index in [-0.39, 0.29) is 0 Å². The molecule has 0 aliphatic heterocycles. The van der Waals surface area contributed by atoms with E-state index < -0.39 is 0 Å². The van der Waals surface area contributed by atoms with Gasteiger partial charge in [-0.2, -0.15) is 0 Å². The number of benzene rings is 4. The van der Waals surface area contributed by atoms with Crippen molar-refractivity contribution in [1.29, 1.82) is 0 Å². The number of hydrogen-bond donors (Lipinski definition) is 0. The summed E-state index contributed by atoms with van der Waals surface area (Å²) in [5.41, 5.74) is 3.63. The maximum atomic E-state index is 6.70. The molecule has 0 aromatic heterocycles. The maximum Gasteiger partial charge on any atom is 0.127 e. The van der Waals surface area contributed by atoms with Crippen molar-refractivity contribution in [2.45, 2.75) is 79.1 Å². The van der Waals surface area contributed by atoms with E-state index >= 15 is 0 Å². The zero-order valence-electron chi connectivity index (χ0n) is 25.0. The van der Waals surface area contributed by atoms with E-state index in [4.69, 9.17) is 25.2 Å². The average Bonchev–Trinajstić information content (AvgIpc) is 2.97. The molecule has 4 aromatic rings. The maximum absolute atomic E-state index is 6.70. The quantitative estimate of drug-likeness (QED) is 0.144. The number of rotatable bonds is 15. The van der Waals surface area contributed by atoms with Crippen molar-refractivity contribution in [2.75, 3.05) is 13.2 Å². The Morgan fingerprint density at radius 2 is 1.00 bits per heavy atom. The standard InChI is InChI=1S/C36H44B2O2/c1-5-9-11-25(7-3)23-39-33-19-13-27-21-29(37)15-17-31(27)35(33)36-32-18-16-30(38)22-28(32)14-20-34(36)40-24-26(8-4)12-10-6-2/h13-22,25-26H,5-12,23-24H2,1-4H3. The molecule has 4 aromatic carbocycles. The van der Waals surface area contributed by atoms with Crippen LogP contribution in [-0.2, 0) is 0 Å². The van der Waals surface area contributed by atoms with Crippen molar-refractivity contribution in [3.8, 4) is 22.6 Å². The third-order valence-corrected chi connectivity index (χ3v) is 8.30. The zero-order chi connectivity index (χ0) is 28.5. The average molecular weight is 530 g/mol. The molecule has 0 amide bonds. The van der Waals surface area contributed by atoms with Gasteiger partial charge in [0, 0.05) is 11.1 Å². The predicted octanol–water partition coefficient (Wildman–Crippen LogP) is 8.44. The topological polar surface area (TPSA) is 18.5 Å². The van der Waals surface area contributed by atoms with Crippen LogP contribution in [0.15, 0.2) is 60.7 Å². The fourth-order valence-corrected chi connectivity index (χ4v) is 5.62. The minimum Gasteiger partial charge on any atom is -0.493 e. The molecule has 0 saturated carbocycles. The second kappa shape index (κ2) is 14.7. The lowest BCUT2D eigenvalue weighted by Gasteiger charge is -2.23. The SMILES string of the molecule is [B]c1ccc2c(-c3c(OCC(CC)CCCC)ccc4cc([B])ccc34)c(OCC(CC)CCCC)ccc2c1. The van der Waals surface area contributed by atoms with Gasteiger partial charge < -0.3 is 9.47 Å². The van der Waals surface area contributed by atoms with Gasteiger partial charge >= 0.3 is 0 Å². The molecular formula is C36H44B2O2. The largest absolute Gasteiger partial charge is 0.493 e. The Bertz CT molecular complexity index is 1290. The molecule has 4 rings (SSSR count). The first kappa shape index (κ1) is 30.1. The lowest BCUT2D eigenvalue weighted by Crippen LogP contribution is -2.13. The highest BCUT2D eigenvalue weighted by molar-refractivity contribution is 6.34. The Morgan fingerprint density at radius 1 is 0.575 bits per heavy atom. The van der Waals surface area contributed by atoms with Crippen LogP contribution >= 0.6 is 0 Å². The summed E-state index contributed by atoms with van der Waals surface area (Å²) in [7, 11) is 12.4. The summed E-state index contributed by atoms with van der Waals surface area (Å²) in [6.07, 6.45) is 9.45. The van der Waals surface area contributed by atoms with Crippen LogP contribution in [0.1, 0.15) is 79.1 Å². The molecule has 206 valence electrons. The third kappa shape index (κ3) is 7.25. The summed E-state index contributed by atoms with van der Waals surface area (Å²) in [5, 5.41) is 4.40. The van der Waals surface area contributed by atoms with E-state index in [2.05, 4.69) is 64.1 Å². The fourth-order valence-electron chi connectivity index (χ4n) is 5.62. The molecule has 0 bridgehead atoms. The van der Waals surface area contributed by atoms with Crippen LogP contribution in [-0.4, -0.2) is 28.9 Å². The van der Waals surface area contributed by atoms with Gasteiger partial charge in [0.1, 0.15) is 27.2 Å². The zero-order valence-corrected chi connectivity index (χ0v) is 25.0. The van der Waals surface area contributed by atoms with Crippen LogP contribution in [0.4, 0.5) is 0 Å². The van der Waals surface area contributed by atoms with Crippen LogP contribution in [0.2, 0.25) is 0 Å². The summed E-state index contributed by atoms with van der Waals surface area (Å²) in [6.45, 7) is 10.4. The van der Waals surface area contributed by atoms with Crippen molar-refractivity contribution in [1.82, 2.24) is 0 Å². The molecule has 0 saturated heterocycles. The molecule has 0 heterocycles. The molecule has 0 aliphatic carbocycles. The molecular weight excluding hydrogens is 486 g/mol. The number of ether oxygens (including phenoxy) is 2. The predicted molar refractivity (Wildman–Crippen MR) is 175 cm³/mol. The van der Waals surface area contributed by atoms with Gasteiger partial charge in [-0.1, -0.05) is 126 Å². The van der Waals surface area contributed by atoms with Crippen LogP contribution in [0, 0.1) is 11.8 Å². The van der Waals surface area contributed by atoms with Crippen LogP contribution in [0.5, 0.6) is 11.5 Å². The van der Waals surface area contributed by atoms with Gasteiger partial charge in [-0.3, -0.25) is 0 Å². The number of fused-ring (bicyclic) bond motifs is 2. The summed E-state index contributed by atoms with van der Waals surface area (Å²) >= 11 is 0. The smallest absolute Gasteiger partial charge is 0.127 e. The Balaban J connectivity index is 1.87. The monoisotopic (exact) mass is 530 g/mol. The molecule has 2 nitrogen and oxygen atoms in total. The van der Waals surface area contributed by atoms with Crippen molar-refractivity contribution >= 4 is 48.2 Å². The lowest BCUT2D eigenvalue weighted by atomic mass is 9.87. The van der Waals surface area contributed by atoms with E-state index in [1.54, 1.807) is 0 Å². The number of hydrogen-bond acceptors (Lipinski definition) is 2. The Hall–Kier alpha value is -2.87. The van der Waals surface area contributed by atoms with E-state index in [0.717, 1.165) is 67.9 Å². The second-order valence-corrected chi connectivity index (χ2v) is 11.3. The molecule has 0 spiro atoms. The highest BCUT2D eigenvalue weighted by atomic mass is 16.5. The van der Waals surface area contributed by atoms with E-state index in [9.17, 15) is 0 Å². The molecule has 40 heavy (non-hydrogen) atoms. The molecule has 4 radical (unpaired) electrons. The molecule has 2 unspecified atom stereocenters. The number of unbranched alkanes of at least 4 members (excludes halogenated alkanes) is 2. The first-order chi connectivity index (χ1) is 19.5. The summed E-state index contributed by atoms with van der Waals surface area (Å²) in [5.74, 6) is 2.84. The van der Waals surface area contributed by atoms with E-state index in [0.29, 0.717) is 25.0 Å². The van der Waals surface area contributed by atoms with Gasteiger partial charge in [-0.05, 0) is 58.4 Å². The molecule has 0 aliphatic rings. The van der Waals surface area contributed by atoms with Gasteiger partial charge in [-0.25, -0.2) is 0 Å². The van der Waals surface area contributed by atoms with Gasteiger partial charge in [0.25, 0.3) is 0 Å². The summed E-state index contributed by atoms with van der Waals surface area (Å²) in [6, 6.07) is 20.8. The highest BCUT2D eigenvalue weighted by Crippen LogP contribution is 2.45. The van der Waals surface area contributed by atoms with Crippen molar-refractivity contribution in [2.24, 2.45) is 11.8 Å². The minimum atomic E-state index is 0.529. The third-order valence-electron chi connectivity index (χ3n) is 8.30. The van der Waals surface area contributed by atoms with Crippen molar-refractivity contribution < 1.29 is 9.47 Å². The Kier molecular flexibility index (Phi) is 11.0. The minimum absolute atomic E-state index is 0.529. The highest BCUT2D eigenvalue weighted by Gasteiger charge is 2.21. The van der Waals surface area contributed by atoms with E-state index in [1.807, 2.05) is 24.3 Å². The lowest BCUT2D eigenvalue weighted by molar-refractivity contribution is 0.231. The Labute approximate surface area is 244 Å². The molecule has 2 atom stereocenters.